The molecule has 0 aromatic heterocycles. The Labute approximate surface area is 136 Å². The molecule has 2 aromatic rings. The highest BCUT2D eigenvalue weighted by Crippen LogP contribution is 2.16. The van der Waals surface area contributed by atoms with Gasteiger partial charge in [-0.05, 0) is 24.3 Å². The van der Waals surface area contributed by atoms with Crippen LogP contribution in [0.15, 0.2) is 60.7 Å². The van der Waals surface area contributed by atoms with Crippen LogP contribution in [-0.2, 0) is 14.2 Å². The van der Waals surface area contributed by atoms with Crippen molar-refractivity contribution in [2.45, 2.75) is 12.6 Å². The molecule has 2 rings (SSSR count). The van der Waals surface area contributed by atoms with Gasteiger partial charge in [0, 0.05) is 14.2 Å². The summed E-state index contributed by atoms with van der Waals surface area (Å²) in [6.45, 7) is 0.542. The van der Waals surface area contributed by atoms with Crippen LogP contribution in [0.25, 0.3) is 0 Å². The minimum Gasteiger partial charge on any atom is -0.462 e. The van der Waals surface area contributed by atoms with Gasteiger partial charge in [0.15, 0.2) is 0 Å². The molecular weight excluding hydrogens is 296 g/mol. The van der Waals surface area contributed by atoms with Gasteiger partial charge in [0.2, 0.25) is 12.6 Å². The first kappa shape index (κ1) is 17.3. The number of hydrogen-bond donors (Lipinski definition) is 0. The van der Waals surface area contributed by atoms with E-state index < -0.39 is 12.6 Å². The van der Waals surface area contributed by atoms with Gasteiger partial charge in [-0.1, -0.05) is 36.4 Å². The van der Waals surface area contributed by atoms with E-state index in [1.807, 2.05) is 60.7 Å². The van der Waals surface area contributed by atoms with Crippen LogP contribution in [0.5, 0.6) is 11.5 Å². The lowest BCUT2D eigenvalue weighted by molar-refractivity contribution is -0.214. The first-order valence-electron chi connectivity index (χ1n) is 7.38. The van der Waals surface area contributed by atoms with E-state index in [9.17, 15) is 0 Å². The Morgan fingerprint density at radius 2 is 1.04 bits per heavy atom. The van der Waals surface area contributed by atoms with Crippen molar-refractivity contribution >= 4 is 0 Å². The lowest BCUT2D eigenvalue weighted by atomic mass is 10.3. The van der Waals surface area contributed by atoms with E-state index in [4.69, 9.17) is 23.7 Å². The molecule has 0 aliphatic rings. The summed E-state index contributed by atoms with van der Waals surface area (Å²) in [4.78, 5) is 0. The molecule has 2 aromatic carbocycles. The number of methoxy groups -OCH3 is 2. The Hall–Kier alpha value is -2.08. The first-order chi connectivity index (χ1) is 11.3. The maximum Gasteiger partial charge on any atom is 0.226 e. The van der Waals surface area contributed by atoms with Crippen molar-refractivity contribution in [3.63, 3.8) is 0 Å². The minimum absolute atomic E-state index is 0.271. The van der Waals surface area contributed by atoms with E-state index in [1.165, 1.54) is 0 Å². The van der Waals surface area contributed by atoms with Gasteiger partial charge in [0.1, 0.15) is 24.7 Å². The summed E-state index contributed by atoms with van der Waals surface area (Å²) in [5, 5.41) is 0. The van der Waals surface area contributed by atoms with Gasteiger partial charge in [0.25, 0.3) is 0 Å². The summed E-state index contributed by atoms with van der Waals surface area (Å²) in [7, 11) is 3.18. The Bertz CT molecular complexity index is 482. The number of hydrogen-bond acceptors (Lipinski definition) is 5. The Morgan fingerprint density at radius 3 is 1.39 bits per heavy atom. The summed E-state index contributed by atoms with van der Waals surface area (Å²) in [5.41, 5.74) is 0. The average Bonchev–Trinajstić information content (AvgIpc) is 2.57. The smallest absolute Gasteiger partial charge is 0.226 e. The van der Waals surface area contributed by atoms with E-state index >= 15 is 0 Å². The van der Waals surface area contributed by atoms with E-state index in [1.54, 1.807) is 14.2 Å². The zero-order valence-corrected chi connectivity index (χ0v) is 13.4. The molecule has 2 atom stereocenters. The second kappa shape index (κ2) is 9.84. The standard InChI is InChI=1S/C18H22O5/c1-19-13-17(21-15-9-5-3-6-10-15)23-18(14-20-2)22-16-11-7-4-8-12-16/h3-12,17-18H,13-14H2,1-2H3. The summed E-state index contributed by atoms with van der Waals surface area (Å²) < 4.78 is 27.7. The predicted molar refractivity (Wildman–Crippen MR) is 86.6 cm³/mol. The molecule has 0 saturated carbocycles. The van der Waals surface area contributed by atoms with Gasteiger partial charge in [-0.2, -0.15) is 0 Å². The fourth-order valence-electron chi connectivity index (χ4n) is 1.95. The zero-order chi connectivity index (χ0) is 16.3. The lowest BCUT2D eigenvalue weighted by Crippen LogP contribution is -2.36. The molecule has 0 spiro atoms. The largest absolute Gasteiger partial charge is 0.462 e. The van der Waals surface area contributed by atoms with Crippen LogP contribution < -0.4 is 9.47 Å². The summed E-state index contributed by atoms with van der Waals surface area (Å²) in [6.07, 6.45) is -1.21. The minimum atomic E-state index is -0.605. The van der Waals surface area contributed by atoms with Crippen molar-refractivity contribution in [1.82, 2.24) is 0 Å². The second-order valence-electron chi connectivity index (χ2n) is 4.77. The number of rotatable bonds is 10. The molecule has 0 aliphatic heterocycles. The van der Waals surface area contributed by atoms with Gasteiger partial charge >= 0.3 is 0 Å². The SMILES string of the molecule is COCC(Oc1ccccc1)OC(COC)Oc1ccccc1. The molecule has 0 N–H and O–H groups in total. The van der Waals surface area contributed by atoms with Gasteiger partial charge in [0.05, 0.1) is 0 Å². The zero-order valence-electron chi connectivity index (χ0n) is 13.4. The maximum absolute atomic E-state index is 5.84. The Balaban J connectivity index is 1.98. The van der Waals surface area contributed by atoms with E-state index in [2.05, 4.69) is 0 Å². The molecule has 0 aliphatic carbocycles. The van der Waals surface area contributed by atoms with Crippen LogP contribution in [0.3, 0.4) is 0 Å². The third-order valence-corrected chi connectivity index (χ3v) is 2.93. The molecule has 0 amide bonds. The quantitative estimate of drug-likeness (QED) is 0.630. The number of ether oxygens (including phenoxy) is 5. The molecule has 2 unspecified atom stereocenters. The van der Waals surface area contributed by atoms with Gasteiger partial charge in [-0.15, -0.1) is 0 Å². The van der Waals surface area contributed by atoms with Crippen molar-refractivity contribution in [3.05, 3.63) is 60.7 Å². The van der Waals surface area contributed by atoms with E-state index in [0.717, 1.165) is 0 Å². The Morgan fingerprint density at radius 1 is 0.652 bits per heavy atom. The molecule has 0 radical (unpaired) electrons. The van der Waals surface area contributed by atoms with Gasteiger partial charge in [-0.3, -0.25) is 4.74 Å². The molecule has 124 valence electrons. The molecule has 0 fully saturated rings. The average molecular weight is 318 g/mol. The fraction of sp³-hybridized carbons (Fsp3) is 0.333. The molecule has 23 heavy (non-hydrogen) atoms. The van der Waals surface area contributed by atoms with Crippen LogP contribution in [0.2, 0.25) is 0 Å². The van der Waals surface area contributed by atoms with Crippen molar-refractivity contribution in [3.8, 4) is 11.5 Å². The highest BCUT2D eigenvalue weighted by Gasteiger charge is 2.20. The molecular formula is C18H22O5. The van der Waals surface area contributed by atoms with Crippen molar-refractivity contribution in [2.24, 2.45) is 0 Å². The third-order valence-electron chi connectivity index (χ3n) is 2.93. The number of benzene rings is 2. The third kappa shape index (κ3) is 6.28. The van der Waals surface area contributed by atoms with Crippen LogP contribution in [0, 0.1) is 0 Å². The van der Waals surface area contributed by atoms with Gasteiger partial charge < -0.3 is 18.9 Å². The monoisotopic (exact) mass is 318 g/mol. The molecule has 0 saturated heterocycles. The van der Waals surface area contributed by atoms with E-state index in [0.29, 0.717) is 11.5 Å². The molecule has 5 heteroatoms. The van der Waals surface area contributed by atoms with E-state index in [-0.39, 0.29) is 13.2 Å². The summed E-state index contributed by atoms with van der Waals surface area (Å²) >= 11 is 0. The topological polar surface area (TPSA) is 46.2 Å². The summed E-state index contributed by atoms with van der Waals surface area (Å²) in [5.74, 6) is 1.40. The molecule has 0 bridgehead atoms. The predicted octanol–water partition coefficient (Wildman–Crippen LogP) is 3.11. The molecule has 0 heterocycles. The Kier molecular flexibility index (Phi) is 7.39. The number of para-hydroxylation sites is 2. The summed E-state index contributed by atoms with van der Waals surface area (Å²) in [6, 6.07) is 18.9. The van der Waals surface area contributed by atoms with Crippen molar-refractivity contribution < 1.29 is 23.7 Å². The van der Waals surface area contributed by atoms with Gasteiger partial charge in [-0.25, -0.2) is 0 Å². The lowest BCUT2D eigenvalue weighted by Gasteiger charge is -2.25. The van der Waals surface area contributed by atoms with Crippen molar-refractivity contribution in [1.29, 1.82) is 0 Å². The van der Waals surface area contributed by atoms with Crippen LogP contribution in [0.1, 0.15) is 0 Å². The highest BCUT2D eigenvalue weighted by atomic mass is 16.8. The fourth-order valence-corrected chi connectivity index (χ4v) is 1.95. The van der Waals surface area contributed by atoms with Crippen LogP contribution >= 0.6 is 0 Å². The normalized spacial score (nSPS) is 13.3. The highest BCUT2D eigenvalue weighted by molar-refractivity contribution is 5.21. The second-order valence-corrected chi connectivity index (χ2v) is 4.77. The van der Waals surface area contributed by atoms with Crippen LogP contribution in [0.4, 0.5) is 0 Å². The van der Waals surface area contributed by atoms with Crippen LogP contribution in [-0.4, -0.2) is 40.0 Å². The first-order valence-corrected chi connectivity index (χ1v) is 7.38. The van der Waals surface area contributed by atoms with Crippen molar-refractivity contribution in [2.75, 3.05) is 27.4 Å². The maximum atomic E-state index is 5.84. The molecule has 5 nitrogen and oxygen atoms in total.